The molecule has 0 aromatic heterocycles. The summed E-state index contributed by atoms with van der Waals surface area (Å²) in [6.45, 7) is 4.43. The Kier molecular flexibility index (Phi) is 6.71. The van der Waals surface area contributed by atoms with Crippen LogP contribution < -0.4 is 16.8 Å². The summed E-state index contributed by atoms with van der Waals surface area (Å²) in [6, 6.07) is -0.848. The molecule has 0 aliphatic heterocycles. The van der Waals surface area contributed by atoms with Gasteiger partial charge in [0.2, 0.25) is 11.8 Å². The molecule has 0 spiro atoms. The fraction of sp³-hybridized carbons (Fsp3) is 0.733. The predicted molar refractivity (Wildman–Crippen MR) is 79.7 cm³/mol. The van der Waals surface area contributed by atoms with Gasteiger partial charge in [-0.15, -0.1) is 6.58 Å². The predicted octanol–water partition coefficient (Wildman–Crippen LogP) is 1.22. The van der Waals surface area contributed by atoms with Crippen LogP contribution in [0, 0.1) is 5.41 Å². The maximum atomic E-state index is 11.9. The number of allylic oxidation sites excluding steroid dienone is 1. The van der Waals surface area contributed by atoms with E-state index in [-0.39, 0.29) is 17.7 Å². The summed E-state index contributed by atoms with van der Waals surface area (Å²) >= 11 is 0. The van der Waals surface area contributed by atoms with E-state index < -0.39 is 11.9 Å². The van der Waals surface area contributed by atoms with Crippen LogP contribution in [-0.4, -0.2) is 24.4 Å². The molecule has 2 amide bonds. The highest BCUT2D eigenvalue weighted by Gasteiger charge is 2.30. The van der Waals surface area contributed by atoms with Crippen LogP contribution in [-0.2, 0) is 9.59 Å². The zero-order valence-corrected chi connectivity index (χ0v) is 12.2. The van der Waals surface area contributed by atoms with E-state index in [0.29, 0.717) is 6.54 Å². The van der Waals surface area contributed by atoms with Gasteiger partial charge in [-0.25, -0.2) is 0 Å². The third-order valence-electron chi connectivity index (χ3n) is 4.14. The van der Waals surface area contributed by atoms with Crippen molar-refractivity contribution in [2.24, 2.45) is 16.9 Å². The molecular weight excluding hydrogens is 254 g/mol. The van der Waals surface area contributed by atoms with Gasteiger partial charge in [0.1, 0.15) is 0 Å². The van der Waals surface area contributed by atoms with Crippen LogP contribution in [0.3, 0.4) is 0 Å². The second kappa shape index (κ2) is 8.04. The van der Waals surface area contributed by atoms with Gasteiger partial charge in [0, 0.05) is 6.54 Å². The van der Waals surface area contributed by atoms with Gasteiger partial charge in [-0.3, -0.25) is 9.59 Å². The molecule has 0 aromatic rings. The average molecular weight is 281 g/mol. The second-order valence-corrected chi connectivity index (χ2v) is 5.90. The summed E-state index contributed by atoms with van der Waals surface area (Å²) in [6.07, 6.45) is 9.82. The third-order valence-corrected chi connectivity index (χ3v) is 4.14. The Hall–Kier alpha value is -1.36. The van der Waals surface area contributed by atoms with E-state index in [4.69, 9.17) is 11.5 Å². The number of rotatable bonds is 7. The Morgan fingerprint density at radius 2 is 1.85 bits per heavy atom. The van der Waals surface area contributed by atoms with E-state index in [0.717, 1.165) is 19.3 Å². The Morgan fingerprint density at radius 1 is 1.25 bits per heavy atom. The lowest BCUT2D eigenvalue weighted by Gasteiger charge is -2.32. The molecular formula is C15H27N3O2. The number of carbonyl (C=O) groups is 2. The first-order valence-electron chi connectivity index (χ1n) is 7.41. The molecule has 5 nitrogen and oxygen atoms in total. The summed E-state index contributed by atoms with van der Waals surface area (Å²) in [5, 5.41) is 2.89. The SMILES string of the molecule is C=CCC1(CNC(=O)[C@@H](N)CC(N)=O)CCCCCC1. The molecule has 0 bridgehead atoms. The zero-order chi connectivity index (χ0) is 15.0. The van der Waals surface area contributed by atoms with Crippen molar-refractivity contribution in [2.75, 3.05) is 6.54 Å². The van der Waals surface area contributed by atoms with Gasteiger partial charge in [-0.1, -0.05) is 31.8 Å². The average Bonchev–Trinajstić information content (AvgIpc) is 2.62. The van der Waals surface area contributed by atoms with E-state index in [9.17, 15) is 9.59 Å². The molecule has 0 heterocycles. The standard InChI is InChI=1S/C15H27N3O2/c1-2-7-15(8-5-3-4-6-9-15)11-18-14(20)12(16)10-13(17)19/h2,12H,1,3-11,16H2,(H2,17,19)(H,18,20)/t12-/m0/s1. The Bertz CT molecular complexity index is 347. The minimum absolute atomic E-state index is 0.0976. The molecule has 0 unspecified atom stereocenters. The summed E-state index contributed by atoms with van der Waals surface area (Å²) < 4.78 is 0. The summed E-state index contributed by atoms with van der Waals surface area (Å²) in [5.74, 6) is -0.848. The topological polar surface area (TPSA) is 98.2 Å². The molecule has 20 heavy (non-hydrogen) atoms. The van der Waals surface area contributed by atoms with Gasteiger partial charge in [0.25, 0.3) is 0 Å². The van der Waals surface area contributed by atoms with Crippen molar-refractivity contribution in [2.45, 2.75) is 57.4 Å². The van der Waals surface area contributed by atoms with Gasteiger partial charge >= 0.3 is 0 Å². The lowest BCUT2D eigenvalue weighted by Crippen LogP contribution is -2.46. The summed E-state index contributed by atoms with van der Waals surface area (Å²) in [4.78, 5) is 22.7. The lowest BCUT2D eigenvalue weighted by molar-refractivity contribution is -0.126. The molecule has 1 aliphatic rings. The summed E-state index contributed by atoms with van der Waals surface area (Å²) in [7, 11) is 0. The molecule has 5 N–H and O–H groups in total. The largest absolute Gasteiger partial charge is 0.370 e. The van der Waals surface area contributed by atoms with Crippen molar-refractivity contribution in [1.29, 1.82) is 0 Å². The van der Waals surface area contributed by atoms with Crippen LogP contribution in [0.1, 0.15) is 51.4 Å². The highest BCUT2D eigenvalue weighted by molar-refractivity contribution is 5.87. The van der Waals surface area contributed by atoms with Crippen molar-refractivity contribution < 1.29 is 9.59 Å². The smallest absolute Gasteiger partial charge is 0.237 e. The zero-order valence-electron chi connectivity index (χ0n) is 12.2. The van der Waals surface area contributed by atoms with Crippen molar-refractivity contribution in [1.82, 2.24) is 5.32 Å². The molecule has 1 atom stereocenters. The van der Waals surface area contributed by atoms with Gasteiger partial charge in [0.15, 0.2) is 0 Å². The Labute approximate surface area is 121 Å². The molecule has 0 aromatic carbocycles. The monoisotopic (exact) mass is 281 g/mol. The fourth-order valence-electron chi connectivity index (χ4n) is 2.95. The molecule has 1 aliphatic carbocycles. The van der Waals surface area contributed by atoms with Crippen LogP contribution in [0.5, 0.6) is 0 Å². The van der Waals surface area contributed by atoms with Crippen molar-refractivity contribution in [3.8, 4) is 0 Å². The Morgan fingerprint density at radius 3 is 2.35 bits per heavy atom. The second-order valence-electron chi connectivity index (χ2n) is 5.90. The minimum atomic E-state index is -0.848. The van der Waals surface area contributed by atoms with Crippen LogP contribution >= 0.6 is 0 Å². The molecule has 1 rings (SSSR count). The van der Waals surface area contributed by atoms with Crippen LogP contribution in [0.4, 0.5) is 0 Å². The summed E-state index contributed by atoms with van der Waals surface area (Å²) in [5.41, 5.74) is 10.8. The maximum Gasteiger partial charge on any atom is 0.237 e. The number of nitrogens with one attached hydrogen (secondary N) is 1. The van der Waals surface area contributed by atoms with Gasteiger partial charge < -0.3 is 16.8 Å². The Balaban J connectivity index is 2.55. The lowest BCUT2D eigenvalue weighted by atomic mass is 9.77. The molecule has 0 radical (unpaired) electrons. The molecule has 0 saturated heterocycles. The van der Waals surface area contributed by atoms with Crippen molar-refractivity contribution in [3.63, 3.8) is 0 Å². The first-order chi connectivity index (χ1) is 9.49. The van der Waals surface area contributed by atoms with Crippen LogP contribution in [0.25, 0.3) is 0 Å². The van der Waals surface area contributed by atoms with Crippen LogP contribution in [0.15, 0.2) is 12.7 Å². The molecule has 5 heteroatoms. The van der Waals surface area contributed by atoms with E-state index in [1.165, 1.54) is 25.7 Å². The van der Waals surface area contributed by atoms with Crippen molar-refractivity contribution in [3.05, 3.63) is 12.7 Å². The fourth-order valence-corrected chi connectivity index (χ4v) is 2.95. The first kappa shape index (κ1) is 16.7. The third kappa shape index (κ3) is 5.33. The maximum absolute atomic E-state index is 11.9. The highest BCUT2D eigenvalue weighted by atomic mass is 16.2. The number of hydrogen-bond donors (Lipinski definition) is 3. The molecule has 1 saturated carbocycles. The normalized spacial score (nSPS) is 19.6. The van der Waals surface area contributed by atoms with Crippen LogP contribution in [0.2, 0.25) is 0 Å². The highest BCUT2D eigenvalue weighted by Crippen LogP contribution is 2.37. The van der Waals surface area contributed by atoms with Gasteiger partial charge in [-0.05, 0) is 24.7 Å². The number of primary amides is 1. The molecule has 1 fully saturated rings. The minimum Gasteiger partial charge on any atom is -0.370 e. The number of nitrogens with two attached hydrogens (primary N) is 2. The molecule has 114 valence electrons. The quantitative estimate of drug-likeness (QED) is 0.483. The first-order valence-corrected chi connectivity index (χ1v) is 7.41. The van der Waals surface area contributed by atoms with Crippen molar-refractivity contribution >= 4 is 11.8 Å². The van der Waals surface area contributed by atoms with Gasteiger partial charge in [0.05, 0.1) is 12.5 Å². The number of carbonyl (C=O) groups excluding carboxylic acids is 2. The number of amides is 2. The van der Waals surface area contributed by atoms with Gasteiger partial charge in [-0.2, -0.15) is 0 Å². The number of hydrogen-bond acceptors (Lipinski definition) is 3. The van der Waals surface area contributed by atoms with E-state index in [2.05, 4.69) is 11.9 Å². The van der Waals surface area contributed by atoms with E-state index >= 15 is 0 Å². The van der Waals surface area contributed by atoms with E-state index in [1.807, 2.05) is 6.08 Å². The van der Waals surface area contributed by atoms with E-state index in [1.54, 1.807) is 0 Å².